The van der Waals surface area contributed by atoms with Gasteiger partial charge in [-0.05, 0) is 31.5 Å². The SMILES string of the molecule is O=C1Nc2ccc(Cl)c(F)c2C2(CCCNC2)O1. The van der Waals surface area contributed by atoms with Crippen LogP contribution in [-0.4, -0.2) is 19.2 Å². The van der Waals surface area contributed by atoms with Crippen molar-refractivity contribution in [3.05, 3.63) is 28.5 Å². The molecule has 1 fully saturated rings. The largest absolute Gasteiger partial charge is 0.436 e. The first-order chi connectivity index (χ1) is 8.62. The van der Waals surface area contributed by atoms with Crippen molar-refractivity contribution in [2.75, 3.05) is 18.4 Å². The molecule has 2 aliphatic rings. The van der Waals surface area contributed by atoms with Crippen molar-refractivity contribution in [3.63, 3.8) is 0 Å². The van der Waals surface area contributed by atoms with Crippen molar-refractivity contribution in [1.82, 2.24) is 5.32 Å². The summed E-state index contributed by atoms with van der Waals surface area (Å²) in [5.41, 5.74) is -0.149. The van der Waals surface area contributed by atoms with Gasteiger partial charge in [-0.3, -0.25) is 5.32 Å². The van der Waals surface area contributed by atoms with E-state index < -0.39 is 17.5 Å². The lowest BCUT2D eigenvalue weighted by Gasteiger charge is -2.41. The summed E-state index contributed by atoms with van der Waals surface area (Å²) in [7, 11) is 0. The van der Waals surface area contributed by atoms with Gasteiger partial charge in [0, 0.05) is 6.54 Å². The van der Waals surface area contributed by atoms with Crippen LogP contribution in [0.2, 0.25) is 5.02 Å². The molecule has 2 N–H and O–H groups in total. The Bertz CT molecular complexity index is 515. The van der Waals surface area contributed by atoms with Gasteiger partial charge in [-0.25, -0.2) is 9.18 Å². The fourth-order valence-electron chi connectivity index (χ4n) is 2.64. The third kappa shape index (κ3) is 1.66. The highest BCUT2D eigenvalue weighted by Crippen LogP contribution is 2.43. The van der Waals surface area contributed by atoms with Crippen molar-refractivity contribution in [1.29, 1.82) is 0 Å². The molecule has 0 aromatic heterocycles. The van der Waals surface area contributed by atoms with Crippen LogP contribution in [0.3, 0.4) is 0 Å². The molecule has 1 aromatic carbocycles. The van der Waals surface area contributed by atoms with Gasteiger partial charge in [-0.2, -0.15) is 0 Å². The molecule has 6 heteroatoms. The maximum Gasteiger partial charge on any atom is 0.412 e. The van der Waals surface area contributed by atoms with Gasteiger partial charge in [0.2, 0.25) is 0 Å². The van der Waals surface area contributed by atoms with Gasteiger partial charge >= 0.3 is 6.09 Å². The molecule has 96 valence electrons. The van der Waals surface area contributed by atoms with Gasteiger partial charge in [-0.1, -0.05) is 11.6 Å². The zero-order chi connectivity index (χ0) is 12.8. The maximum atomic E-state index is 14.2. The van der Waals surface area contributed by atoms with Crippen LogP contribution in [0.4, 0.5) is 14.9 Å². The summed E-state index contributed by atoms with van der Waals surface area (Å²) in [4.78, 5) is 11.6. The number of nitrogens with one attached hydrogen (secondary N) is 2. The normalized spacial score (nSPS) is 26.4. The predicted molar refractivity (Wildman–Crippen MR) is 65.3 cm³/mol. The number of hydrogen-bond acceptors (Lipinski definition) is 3. The number of piperidine rings is 1. The zero-order valence-corrected chi connectivity index (χ0v) is 10.3. The van der Waals surface area contributed by atoms with E-state index in [4.69, 9.17) is 16.3 Å². The van der Waals surface area contributed by atoms with Gasteiger partial charge in [0.25, 0.3) is 0 Å². The van der Waals surface area contributed by atoms with Gasteiger partial charge < -0.3 is 10.1 Å². The number of ether oxygens (including phenoxy) is 1. The lowest BCUT2D eigenvalue weighted by atomic mass is 9.84. The minimum atomic E-state index is -0.940. The van der Waals surface area contributed by atoms with E-state index in [0.717, 1.165) is 13.0 Å². The molecule has 2 aliphatic heterocycles. The van der Waals surface area contributed by atoms with Crippen LogP contribution in [0.15, 0.2) is 12.1 Å². The van der Waals surface area contributed by atoms with Crippen LogP contribution >= 0.6 is 11.6 Å². The van der Waals surface area contributed by atoms with E-state index in [1.165, 1.54) is 6.07 Å². The monoisotopic (exact) mass is 270 g/mol. The number of halogens is 2. The summed E-state index contributed by atoms with van der Waals surface area (Å²) in [6.07, 6.45) is 0.865. The van der Waals surface area contributed by atoms with Crippen LogP contribution in [-0.2, 0) is 10.3 Å². The highest BCUT2D eigenvalue weighted by atomic mass is 35.5. The Morgan fingerprint density at radius 2 is 2.28 bits per heavy atom. The second-order valence-electron chi connectivity index (χ2n) is 4.57. The molecule has 1 aromatic rings. The topological polar surface area (TPSA) is 50.4 Å². The number of fused-ring (bicyclic) bond motifs is 2. The Morgan fingerprint density at radius 1 is 1.44 bits per heavy atom. The second-order valence-corrected chi connectivity index (χ2v) is 4.98. The quantitative estimate of drug-likeness (QED) is 0.762. The van der Waals surface area contributed by atoms with Crippen molar-refractivity contribution in [2.24, 2.45) is 0 Å². The summed E-state index contributed by atoms with van der Waals surface area (Å²) in [5, 5.41) is 5.69. The van der Waals surface area contributed by atoms with E-state index in [-0.39, 0.29) is 5.02 Å². The molecule has 4 nitrogen and oxygen atoms in total. The molecule has 0 radical (unpaired) electrons. The van der Waals surface area contributed by atoms with E-state index in [2.05, 4.69) is 10.6 Å². The van der Waals surface area contributed by atoms with Crippen LogP contribution in [0.25, 0.3) is 0 Å². The molecule has 1 spiro atoms. The van der Waals surface area contributed by atoms with E-state index in [1.54, 1.807) is 6.07 Å². The fourth-order valence-corrected chi connectivity index (χ4v) is 2.80. The molecular weight excluding hydrogens is 259 g/mol. The van der Waals surface area contributed by atoms with Gasteiger partial charge in [0.05, 0.1) is 16.3 Å². The summed E-state index contributed by atoms with van der Waals surface area (Å²) in [6.45, 7) is 1.24. The molecule has 0 saturated carbocycles. The van der Waals surface area contributed by atoms with Crippen molar-refractivity contribution >= 4 is 23.4 Å². The van der Waals surface area contributed by atoms with E-state index in [1.807, 2.05) is 0 Å². The number of carbonyl (C=O) groups excluding carboxylic acids is 1. The third-order valence-electron chi connectivity index (χ3n) is 3.42. The first kappa shape index (κ1) is 11.7. The zero-order valence-electron chi connectivity index (χ0n) is 9.56. The van der Waals surface area contributed by atoms with Crippen molar-refractivity contribution in [2.45, 2.75) is 18.4 Å². The molecule has 1 saturated heterocycles. The number of carbonyl (C=O) groups is 1. The molecule has 18 heavy (non-hydrogen) atoms. The summed E-state index contributed by atoms with van der Waals surface area (Å²) >= 11 is 5.82. The van der Waals surface area contributed by atoms with Crippen molar-refractivity contribution < 1.29 is 13.9 Å². The van der Waals surface area contributed by atoms with Crippen LogP contribution in [0.1, 0.15) is 18.4 Å². The second kappa shape index (κ2) is 4.10. The number of anilines is 1. The van der Waals surface area contributed by atoms with Gasteiger partial charge in [-0.15, -0.1) is 0 Å². The smallest absolute Gasteiger partial charge is 0.412 e. The molecule has 0 aliphatic carbocycles. The highest BCUT2D eigenvalue weighted by molar-refractivity contribution is 6.31. The number of rotatable bonds is 0. The predicted octanol–water partition coefficient (Wildman–Crippen LogP) is 2.62. The Kier molecular flexibility index (Phi) is 2.68. The minimum Gasteiger partial charge on any atom is -0.436 e. The molecule has 3 rings (SSSR count). The fraction of sp³-hybridized carbons (Fsp3) is 0.417. The average Bonchev–Trinajstić information content (AvgIpc) is 2.34. The molecular formula is C12H12ClFN2O2. The molecule has 1 unspecified atom stereocenters. The lowest BCUT2D eigenvalue weighted by molar-refractivity contribution is -0.00986. The van der Waals surface area contributed by atoms with Crippen LogP contribution in [0.5, 0.6) is 0 Å². The Morgan fingerprint density at radius 3 is 3.00 bits per heavy atom. The lowest BCUT2D eigenvalue weighted by Crippen LogP contribution is -2.50. The standard InChI is InChI=1S/C12H12ClFN2O2/c13-7-2-3-8-9(10(7)14)12(18-11(17)16-8)4-1-5-15-6-12/h2-3,15H,1,4-6H2,(H,16,17). The van der Waals surface area contributed by atoms with Crippen LogP contribution in [0, 0.1) is 5.82 Å². The maximum absolute atomic E-state index is 14.2. The third-order valence-corrected chi connectivity index (χ3v) is 3.71. The van der Waals surface area contributed by atoms with Gasteiger partial charge in [0.1, 0.15) is 0 Å². The Balaban J connectivity index is 2.18. The first-order valence-electron chi connectivity index (χ1n) is 5.82. The Hall–Kier alpha value is -1.33. The number of hydrogen-bond donors (Lipinski definition) is 2. The summed E-state index contributed by atoms with van der Waals surface area (Å²) in [5.74, 6) is -0.516. The van der Waals surface area contributed by atoms with Crippen molar-refractivity contribution in [3.8, 4) is 0 Å². The summed E-state index contributed by atoms with van der Waals surface area (Å²) < 4.78 is 19.6. The Labute approximate surface area is 108 Å². The molecule has 2 heterocycles. The molecule has 1 atom stereocenters. The van der Waals surface area contributed by atoms with E-state index in [0.29, 0.717) is 24.2 Å². The first-order valence-corrected chi connectivity index (χ1v) is 6.19. The van der Waals surface area contributed by atoms with Crippen LogP contribution < -0.4 is 10.6 Å². The minimum absolute atomic E-state index is 0.0402. The average molecular weight is 271 g/mol. The molecule has 0 bridgehead atoms. The highest BCUT2D eigenvalue weighted by Gasteiger charge is 2.45. The van der Waals surface area contributed by atoms with Gasteiger partial charge in [0.15, 0.2) is 11.4 Å². The number of benzene rings is 1. The van der Waals surface area contributed by atoms with E-state index in [9.17, 15) is 9.18 Å². The number of amides is 1. The summed E-state index contributed by atoms with van der Waals surface area (Å²) in [6, 6.07) is 3.04. The molecule has 1 amide bonds. The van der Waals surface area contributed by atoms with E-state index >= 15 is 0 Å².